The van der Waals surface area contributed by atoms with Gasteiger partial charge in [-0.3, -0.25) is 4.68 Å². The molecule has 1 aliphatic carbocycles. The number of hydrogen-bond donors (Lipinski definition) is 2. The van der Waals surface area contributed by atoms with Crippen molar-refractivity contribution in [3.8, 4) is 11.3 Å². The van der Waals surface area contributed by atoms with Gasteiger partial charge in [0.15, 0.2) is 0 Å². The molecule has 2 heterocycles. The molecule has 0 aliphatic heterocycles. The number of pyridine rings is 1. The van der Waals surface area contributed by atoms with Crippen LogP contribution in [0, 0.1) is 0 Å². The van der Waals surface area contributed by atoms with Crippen molar-refractivity contribution in [3.63, 3.8) is 0 Å². The smallest absolute Gasteiger partial charge is 0.382 e. The standard InChI is InChI=1S/C18H22ClF4N5/c1-28-16(18(21,22)23)8-15(27-28)13-10-25-17(19)9-14(13)26-12-4-2-11(3-5-12)24-7-6-20/h8-12,24H,2-7H2,1H3,(H,25,26). The average Bonchev–Trinajstić information content (AvgIpc) is 3.03. The van der Waals surface area contributed by atoms with E-state index in [1.807, 2.05) is 0 Å². The molecule has 0 aromatic carbocycles. The molecule has 1 saturated carbocycles. The SMILES string of the molecule is Cn1nc(-c2cnc(Cl)cc2NC2CCC(NCCF)CC2)cc1C(F)(F)F. The minimum Gasteiger partial charge on any atom is -0.382 e. The summed E-state index contributed by atoms with van der Waals surface area (Å²) in [4.78, 5) is 4.01. The highest BCUT2D eigenvalue weighted by molar-refractivity contribution is 6.29. The first-order valence-corrected chi connectivity index (χ1v) is 9.48. The van der Waals surface area contributed by atoms with Crippen molar-refractivity contribution in [2.45, 2.75) is 43.9 Å². The number of nitrogens with zero attached hydrogens (tertiary/aromatic N) is 3. The quantitative estimate of drug-likeness (QED) is 0.537. The third-order valence-corrected chi connectivity index (χ3v) is 5.14. The van der Waals surface area contributed by atoms with Crippen molar-refractivity contribution in [2.24, 2.45) is 7.05 Å². The summed E-state index contributed by atoms with van der Waals surface area (Å²) in [6, 6.07) is 3.05. The fraction of sp³-hybridized carbons (Fsp3) is 0.556. The first-order valence-electron chi connectivity index (χ1n) is 9.11. The number of hydrogen-bond acceptors (Lipinski definition) is 4. The van der Waals surface area contributed by atoms with Gasteiger partial charge in [-0.2, -0.15) is 18.3 Å². The van der Waals surface area contributed by atoms with Crippen LogP contribution in [-0.2, 0) is 13.2 Å². The van der Waals surface area contributed by atoms with E-state index in [2.05, 4.69) is 20.7 Å². The van der Waals surface area contributed by atoms with Gasteiger partial charge in [-0.1, -0.05) is 11.6 Å². The lowest BCUT2D eigenvalue weighted by Gasteiger charge is -2.30. The Hall–Kier alpha value is -1.87. The summed E-state index contributed by atoms with van der Waals surface area (Å²) in [6.07, 6.45) is 0.458. The van der Waals surface area contributed by atoms with Crippen LogP contribution in [0.4, 0.5) is 23.2 Å². The molecule has 2 N–H and O–H groups in total. The lowest BCUT2D eigenvalue weighted by atomic mass is 9.91. The van der Waals surface area contributed by atoms with E-state index in [-0.39, 0.29) is 23.6 Å². The number of halogens is 5. The topological polar surface area (TPSA) is 54.8 Å². The van der Waals surface area contributed by atoms with Crippen molar-refractivity contribution >= 4 is 17.3 Å². The van der Waals surface area contributed by atoms with E-state index in [0.29, 0.717) is 23.8 Å². The molecule has 3 rings (SSSR count). The predicted molar refractivity (Wildman–Crippen MR) is 100 cm³/mol. The number of aromatic nitrogens is 3. The molecule has 28 heavy (non-hydrogen) atoms. The van der Waals surface area contributed by atoms with Gasteiger partial charge in [0.1, 0.15) is 17.5 Å². The summed E-state index contributed by atoms with van der Waals surface area (Å²) < 4.78 is 52.4. The molecule has 5 nitrogen and oxygen atoms in total. The highest BCUT2D eigenvalue weighted by Gasteiger charge is 2.35. The van der Waals surface area contributed by atoms with E-state index < -0.39 is 11.9 Å². The van der Waals surface area contributed by atoms with Crippen molar-refractivity contribution < 1.29 is 17.6 Å². The molecule has 10 heteroatoms. The fourth-order valence-corrected chi connectivity index (χ4v) is 3.70. The first-order chi connectivity index (χ1) is 13.3. The average molecular weight is 420 g/mol. The second-order valence-corrected chi connectivity index (χ2v) is 7.31. The molecule has 2 aromatic heterocycles. The lowest BCUT2D eigenvalue weighted by molar-refractivity contribution is -0.143. The maximum Gasteiger partial charge on any atom is 0.433 e. The minimum absolute atomic E-state index is 0.145. The van der Waals surface area contributed by atoms with Gasteiger partial charge in [0.05, 0.1) is 5.69 Å². The van der Waals surface area contributed by atoms with Crippen LogP contribution in [0.1, 0.15) is 31.4 Å². The van der Waals surface area contributed by atoms with Crippen LogP contribution >= 0.6 is 11.6 Å². The second-order valence-electron chi connectivity index (χ2n) is 6.92. The van der Waals surface area contributed by atoms with Gasteiger partial charge in [-0.25, -0.2) is 9.37 Å². The van der Waals surface area contributed by atoms with Gasteiger partial charge < -0.3 is 10.6 Å². The van der Waals surface area contributed by atoms with Crippen molar-refractivity contribution in [2.75, 3.05) is 18.5 Å². The Morgan fingerprint density at radius 2 is 1.86 bits per heavy atom. The molecule has 1 fully saturated rings. The monoisotopic (exact) mass is 419 g/mol. The molecule has 154 valence electrons. The minimum atomic E-state index is -4.49. The van der Waals surface area contributed by atoms with Crippen LogP contribution in [0.25, 0.3) is 11.3 Å². The highest BCUT2D eigenvalue weighted by Crippen LogP contribution is 2.35. The summed E-state index contributed by atoms with van der Waals surface area (Å²) in [5.41, 5.74) is 0.419. The molecule has 0 bridgehead atoms. The van der Waals surface area contributed by atoms with E-state index in [0.717, 1.165) is 36.4 Å². The molecule has 0 atom stereocenters. The molecule has 0 amide bonds. The normalized spacial score (nSPS) is 20.4. The molecule has 0 spiro atoms. The van der Waals surface area contributed by atoms with Crippen molar-refractivity contribution in [3.05, 3.63) is 29.2 Å². The summed E-state index contributed by atoms with van der Waals surface area (Å²) in [7, 11) is 1.26. The second kappa shape index (κ2) is 8.65. The molecule has 1 aliphatic rings. The largest absolute Gasteiger partial charge is 0.433 e. The Morgan fingerprint density at radius 1 is 1.18 bits per heavy atom. The molecule has 0 saturated heterocycles. The lowest BCUT2D eigenvalue weighted by Crippen LogP contribution is -2.37. The summed E-state index contributed by atoms with van der Waals surface area (Å²) in [6.45, 7) is -0.0326. The summed E-state index contributed by atoms with van der Waals surface area (Å²) >= 11 is 6.01. The zero-order valence-electron chi connectivity index (χ0n) is 15.4. The number of nitrogens with one attached hydrogen (secondary N) is 2. The van der Waals surface area contributed by atoms with Crippen molar-refractivity contribution in [1.82, 2.24) is 20.1 Å². The Bertz CT molecular complexity index is 800. The van der Waals surface area contributed by atoms with Crippen LogP contribution in [0.3, 0.4) is 0 Å². The third-order valence-electron chi connectivity index (χ3n) is 4.93. The zero-order valence-corrected chi connectivity index (χ0v) is 16.1. The molecule has 0 radical (unpaired) electrons. The Morgan fingerprint density at radius 3 is 2.46 bits per heavy atom. The van der Waals surface area contributed by atoms with Crippen LogP contribution in [0.5, 0.6) is 0 Å². The van der Waals surface area contributed by atoms with Crippen LogP contribution in [-0.4, -0.2) is 40.1 Å². The van der Waals surface area contributed by atoms with Gasteiger partial charge >= 0.3 is 6.18 Å². The maximum atomic E-state index is 13.1. The summed E-state index contributed by atoms with van der Waals surface area (Å²) in [5, 5.41) is 10.8. The van der Waals surface area contributed by atoms with Crippen molar-refractivity contribution in [1.29, 1.82) is 0 Å². The highest BCUT2D eigenvalue weighted by atomic mass is 35.5. The van der Waals surface area contributed by atoms with E-state index in [1.54, 1.807) is 6.07 Å². The van der Waals surface area contributed by atoms with E-state index in [1.165, 1.54) is 13.2 Å². The number of rotatable bonds is 6. The summed E-state index contributed by atoms with van der Waals surface area (Å²) in [5.74, 6) is 0. The Kier molecular flexibility index (Phi) is 6.44. The van der Waals surface area contributed by atoms with Gasteiger partial charge in [-0.15, -0.1) is 0 Å². The number of aryl methyl sites for hydroxylation is 1. The molecular weight excluding hydrogens is 398 g/mol. The first kappa shape index (κ1) is 20.9. The van der Waals surface area contributed by atoms with Gasteiger partial charge in [0.25, 0.3) is 0 Å². The molecular formula is C18H22ClF4N5. The van der Waals surface area contributed by atoms with Gasteiger partial charge in [0.2, 0.25) is 0 Å². The van der Waals surface area contributed by atoms with Gasteiger partial charge in [-0.05, 0) is 37.8 Å². The van der Waals surface area contributed by atoms with E-state index >= 15 is 0 Å². The molecule has 0 unspecified atom stereocenters. The third kappa shape index (κ3) is 4.94. The Balaban J connectivity index is 1.77. The van der Waals surface area contributed by atoms with E-state index in [9.17, 15) is 17.6 Å². The molecule has 2 aromatic rings. The van der Waals surface area contributed by atoms with Crippen LogP contribution in [0.2, 0.25) is 5.15 Å². The van der Waals surface area contributed by atoms with Gasteiger partial charge in [0, 0.05) is 43.1 Å². The van der Waals surface area contributed by atoms with E-state index in [4.69, 9.17) is 11.6 Å². The maximum absolute atomic E-state index is 13.1. The zero-order chi connectivity index (χ0) is 20.3. The van der Waals surface area contributed by atoms with Crippen LogP contribution in [0.15, 0.2) is 18.3 Å². The number of alkyl halides is 4. The fourth-order valence-electron chi connectivity index (χ4n) is 3.54. The Labute approximate surface area is 165 Å². The predicted octanol–water partition coefficient (Wildman–Crippen LogP) is 4.44. The number of anilines is 1. The van der Waals surface area contributed by atoms with Crippen LogP contribution < -0.4 is 10.6 Å².